The molecule has 0 bridgehead atoms. The summed E-state index contributed by atoms with van der Waals surface area (Å²) in [4.78, 5) is 2.53. The highest BCUT2D eigenvalue weighted by molar-refractivity contribution is 7.99. The molecule has 1 saturated heterocycles. The summed E-state index contributed by atoms with van der Waals surface area (Å²) < 4.78 is 6.31. The molecule has 0 amide bonds. The minimum Gasteiger partial charge on any atom is -0.367 e. The van der Waals surface area contributed by atoms with E-state index in [4.69, 9.17) is 4.74 Å². The van der Waals surface area contributed by atoms with Crippen LogP contribution in [-0.4, -0.2) is 42.6 Å². The summed E-state index contributed by atoms with van der Waals surface area (Å²) in [5.41, 5.74) is 2.45. The van der Waals surface area contributed by atoms with Crippen LogP contribution < -0.4 is 0 Å². The van der Waals surface area contributed by atoms with Crippen molar-refractivity contribution in [1.82, 2.24) is 4.90 Å². The standard InChI is InChI=1S/C20H25NOS/c1-3-8-18(9-4-1)20(19-10-5-2-6-11-19)22-15-13-21-12-7-16-23-17-14-21/h1-6,8-11,20H,7,12-17H2. The molecule has 0 saturated carbocycles. The van der Waals surface area contributed by atoms with Crippen molar-refractivity contribution in [3.63, 3.8) is 0 Å². The first-order valence-corrected chi connectivity index (χ1v) is 9.60. The molecule has 0 aliphatic carbocycles. The molecule has 1 heterocycles. The molecule has 0 aromatic heterocycles. The van der Waals surface area contributed by atoms with Gasteiger partial charge in [0.05, 0.1) is 6.61 Å². The smallest absolute Gasteiger partial charge is 0.108 e. The monoisotopic (exact) mass is 327 g/mol. The highest BCUT2D eigenvalue weighted by atomic mass is 32.2. The van der Waals surface area contributed by atoms with Crippen molar-refractivity contribution in [3.05, 3.63) is 71.8 Å². The fourth-order valence-corrected chi connectivity index (χ4v) is 3.89. The molecular formula is C20H25NOS. The Balaban J connectivity index is 1.62. The van der Waals surface area contributed by atoms with Gasteiger partial charge >= 0.3 is 0 Å². The Morgan fingerprint density at radius 3 is 2.17 bits per heavy atom. The highest BCUT2D eigenvalue weighted by Crippen LogP contribution is 2.25. The summed E-state index contributed by atoms with van der Waals surface area (Å²) in [6.07, 6.45) is 1.32. The van der Waals surface area contributed by atoms with Crippen LogP contribution in [0, 0.1) is 0 Å². The Hall–Kier alpha value is -1.29. The van der Waals surface area contributed by atoms with Crippen LogP contribution in [0.4, 0.5) is 0 Å². The fraction of sp³-hybridized carbons (Fsp3) is 0.400. The fourth-order valence-electron chi connectivity index (χ4n) is 2.96. The highest BCUT2D eigenvalue weighted by Gasteiger charge is 2.15. The van der Waals surface area contributed by atoms with Crippen LogP contribution in [0.5, 0.6) is 0 Å². The second-order valence-electron chi connectivity index (χ2n) is 5.88. The molecule has 0 radical (unpaired) electrons. The van der Waals surface area contributed by atoms with Crippen molar-refractivity contribution >= 4 is 11.8 Å². The van der Waals surface area contributed by atoms with Gasteiger partial charge in [-0.3, -0.25) is 0 Å². The molecule has 2 aromatic rings. The van der Waals surface area contributed by atoms with Gasteiger partial charge in [0.15, 0.2) is 0 Å². The number of hydrogen-bond donors (Lipinski definition) is 0. The largest absolute Gasteiger partial charge is 0.367 e. The van der Waals surface area contributed by atoms with E-state index in [0.717, 1.165) is 13.2 Å². The molecular weight excluding hydrogens is 302 g/mol. The van der Waals surface area contributed by atoms with Crippen molar-refractivity contribution in [2.24, 2.45) is 0 Å². The average Bonchev–Trinajstić information content (AvgIpc) is 2.89. The van der Waals surface area contributed by atoms with Crippen LogP contribution in [-0.2, 0) is 4.74 Å². The van der Waals surface area contributed by atoms with Gasteiger partial charge in [-0.25, -0.2) is 0 Å². The van der Waals surface area contributed by atoms with Crippen molar-refractivity contribution in [2.45, 2.75) is 12.5 Å². The molecule has 2 nitrogen and oxygen atoms in total. The predicted molar refractivity (Wildman–Crippen MR) is 99.1 cm³/mol. The lowest BCUT2D eigenvalue weighted by molar-refractivity contribution is 0.0614. The number of hydrogen-bond acceptors (Lipinski definition) is 3. The Bertz CT molecular complexity index is 513. The van der Waals surface area contributed by atoms with E-state index in [2.05, 4.69) is 77.3 Å². The lowest BCUT2D eigenvalue weighted by Crippen LogP contribution is -2.30. The van der Waals surface area contributed by atoms with Gasteiger partial charge in [0.1, 0.15) is 6.10 Å². The third-order valence-electron chi connectivity index (χ3n) is 4.21. The van der Waals surface area contributed by atoms with Gasteiger partial charge in [0.25, 0.3) is 0 Å². The first-order chi connectivity index (χ1) is 11.4. The number of benzene rings is 2. The normalized spacial score (nSPS) is 16.4. The van der Waals surface area contributed by atoms with Crippen LogP contribution in [0.3, 0.4) is 0 Å². The van der Waals surface area contributed by atoms with Crippen LogP contribution in [0.1, 0.15) is 23.7 Å². The average molecular weight is 327 g/mol. The molecule has 2 aromatic carbocycles. The molecule has 1 aliphatic rings. The molecule has 1 fully saturated rings. The van der Waals surface area contributed by atoms with E-state index in [-0.39, 0.29) is 6.10 Å². The Morgan fingerprint density at radius 2 is 1.52 bits per heavy atom. The van der Waals surface area contributed by atoms with Crippen molar-refractivity contribution in [3.8, 4) is 0 Å². The van der Waals surface area contributed by atoms with Crippen LogP contribution in [0.25, 0.3) is 0 Å². The molecule has 0 atom stereocenters. The summed E-state index contributed by atoms with van der Waals surface area (Å²) in [6.45, 7) is 4.20. The Kier molecular flexibility index (Phi) is 6.56. The zero-order valence-electron chi connectivity index (χ0n) is 13.6. The zero-order valence-corrected chi connectivity index (χ0v) is 14.4. The molecule has 23 heavy (non-hydrogen) atoms. The van der Waals surface area contributed by atoms with Gasteiger partial charge in [0, 0.05) is 18.8 Å². The third kappa shape index (κ3) is 5.10. The lowest BCUT2D eigenvalue weighted by atomic mass is 10.0. The van der Waals surface area contributed by atoms with Gasteiger partial charge in [-0.1, -0.05) is 60.7 Å². The number of nitrogens with zero attached hydrogens (tertiary/aromatic N) is 1. The molecule has 1 aliphatic heterocycles. The molecule has 0 unspecified atom stereocenters. The molecule has 3 heteroatoms. The van der Waals surface area contributed by atoms with E-state index in [1.165, 1.54) is 42.1 Å². The topological polar surface area (TPSA) is 12.5 Å². The summed E-state index contributed by atoms with van der Waals surface area (Å²) in [6, 6.07) is 21.1. The molecule has 3 rings (SSSR count). The second-order valence-corrected chi connectivity index (χ2v) is 7.10. The van der Waals surface area contributed by atoms with Gasteiger partial charge in [0.2, 0.25) is 0 Å². The molecule has 122 valence electrons. The quantitative estimate of drug-likeness (QED) is 0.788. The lowest BCUT2D eigenvalue weighted by Gasteiger charge is -2.23. The van der Waals surface area contributed by atoms with Gasteiger partial charge in [-0.15, -0.1) is 0 Å². The van der Waals surface area contributed by atoms with Crippen LogP contribution in [0.15, 0.2) is 60.7 Å². The van der Waals surface area contributed by atoms with Crippen molar-refractivity contribution < 1.29 is 4.74 Å². The summed E-state index contributed by atoms with van der Waals surface area (Å²) in [5.74, 6) is 2.55. The van der Waals surface area contributed by atoms with Crippen molar-refractivity contribution in [1.29, 1.82) is 0 Å². The maximum Gasteiger partial charge on any atom is 0.108 e. The maximum absolute atomic E-state index is 6.31. The first-order valence-electron chi connectivity index (χ1n) is 8.45. The Labute approximate surface area is 143 Å². The third-order valence-corrected chi connectivity index (χ3v) is 5.26. The van der Waals surface area contributed by atoms with Crippen LogP contribution in [0.2, 0.25) is 0 Å². The second kappa shape index (κ2) is 9.11. The number of rotatable bonds is 6. The minimum atomic E-state index is 0.0266. The zero-order chi connectivity index (χ0) is 15.7. The Morgan fingerprint density at radius 1 is 0.870 bits per heavy atom. The van der Waals surface area contributed by atoms with E-state index >= 15 is 0 Å². The summed E-state index contributed by atoms with van der Waals surface area (Å²) in [5, 5.41) is 0. The molecule has 0 N–H and O–H groups in total. The summed E-state index contributed by atoms with van der Waals surface area (Å²) >= 11 is 2.07. The van der Waals surface area contributed by atoms with E-state index in [0.29, 0.717) is 0 Å². The predicted octanol–water partition coefficient (Wildman–Crippen LogP) is 4.23. The number of ether oxygens (including phenoxy) is 1. The van der Waals surface area contributed by atoms with E-state index < -0.39 is 0 Å². The van der Waals surface area contributed by atoms with Gasteiger partial charge in [-0.05, 0) is 29.8 Å². The van der Waals surface area contributed by atoms with Crippen molar-refractivity contribution in [2.75, 3.05) is 37.7 Å². The first kappa shape index (κ1) is 16.6. The summed E-state index contributed by atoms with van der Waals surface area (Å²) in [7, 11) is 0. The minimum absolute atomic E-state index is 0.0266. The van der Waals surface area contributed by atoms with Gasteiger partial charge < -0.3 is 9.64 Å². The van der Waals surface area contributed by atoms with E-state index in [9.17, 15) is 0 Å². The SMILES string of the molecule is c1ccc(C(OCCN2CCCSCC2)c2ccccc2)cc1. The maximum atomic E-state index is 6.31. The van der Waals surface area contributed by atoms with E-state index in [1.54, 1.807) is 0 Å². The van der Waals surface area contributed by atoms with Crippen LogP contribution >= 0.6 is 11.8 Å². The van der Waals surface area contributed by atoms with Gasteiger partial charge in [-0.2, -0.15) is 11.8 Å². The molecule has 0 spiro atoms. The van der Waals surface area contributed by atoms with E-state index in [1.807, 2.05) is 0 Å². The number of thioether (sulfide) groups is 1.